The molecular weight excluding hydrogens is 116 g/mol. The van der Waals surface area contributed by atoms with Gasteiger partial charge in [-0.3, -0.25) is 0 Å². The van der Waals surface area contributed by atoms with Gasteiger partial charge < -0.3 is 4.74 Å². The average molecular weight is 122 g/mol. The smallest absolute Gasteiger partial charge is 0.0990 e. The lowest BCUT2D eigenvalue weighted by Gasteiger charge is -1.86. The molecule has 0 spiro atoms. The van der Waals surface area contributed by atoms with Crippen molar-refractivity contribution in [3.05, 3.63) is 11.8 Å². The first-order chi connectivity index (χ1) is 4.35. The summed E-state index contributed by atoms with van der Waals surface area (Å²) in [5.74, 6) is 0. The van der Waals surface area contributed by atoms with E-state index < -0.39 is 0 Å². The van der Waals surface area contributed by atoms with Crippen molar-refractivity contribution >= 4 is 0 Å². The summed E-state index contributed by atoms with van der Waals surface area (Å²) in [5, 5.41) is 16.3. The first-order valence-electron chi connectivity index (χ1n) is 2.34. The van der Waals surface area contributed by atoms with Crippen LogP contribution < -0.4 is 0 Å². The molecule has 0 saturated heterocycles. The standard InChI is InChI=1S/C6H6N2O/c1-9-5-6(4-8)2-3-7/h5H,2H2,1H3/b6-5-. The van der Waals surface area contributed by atoms with Gasteiger partial charge in [-0.1, -0.05) is 0 Å². The van der Waals surface area contributed by atoms with E-state index in [0.717, 1.165) is 0 Å². The molecular formula is C6H6N2O. The van der Waals surface area contributed by atoms with Gasteiger partial charge in [0.15, 0.2) is 0 Å². The summed E-state index contributed by atoms with van der Waals surface area (Å²) in [7, 11) is 1.44. The zero-order valence-electron chi connectivity index (χ0n) is 5.09. The van der Waals surface area contributed by atoms with Gasteiger partial charge in [0.25, 0.3) is 0 Å². The number of nitrogens with zero attached hydrogens (tertiary/aromatic N) is 2. The first-order valence-corrected chi connectivity index (χ1v) is 2.34. The largest absolute Gasteiger partial charge is 0.503 e. The topological polar surface area (TPSA) is 56.8 Å². The molecule has 0 aromatic rings. The summed E-state index contributed by atoms with van der Waals surface area (Å²) >= 11 is 0. The zero-order chi connectivity index (χ0) is 7.11. The van der Waals surface area contributed by atoms with Crippen LogP contribution in [0.25, 0.3) is 0 Å². The molecule has 0 unspecified atom stereocenters. The Morgan fingerprint density at radius 1 is 1.67 bits per heavy atom. The molecule has 46 valence electrons. The number of allylic oxidation sites excluding steroid dienone is 1. The maximum absolute atomic E-state index is 8.24. The molecule has 0 amide bonds. The van der Waals surface area contributed by atoms with Crippen LogP contribution in [0.1, 0.15) is 6.42 Å². The van der Waals surface area contributed by atoms with Crippen molar-refractivity contribution in [2.24, 2.45) is 0 Å². The number of nitriles is 2. The van der Waals surface area contributed by atoms with Crippen LogP contribution in [0.15, 0.2) is 11.8 Å². The van der Waals surface area contributed by atoms with Crippen LogP contribution in [0.4, 0.5) is 0 Å². The first kappa shape index (κ1) is 7.52. The molecule has 0 atom stereocenters. The van der Waals surface area contributed by atoms with E-state index in [2.05, 4.69) is 4.74 Å². The molecule has 0 aliphatic carbocycles. The minimum atomic E-state index is 0.115. The van der Waals surface area contributed by atoms with E-state index in [9.17, 15) is 0 Å². The molecule has 0 fully saturated rings. The lowest BCUT2D eigenvalue weighted by Crippen LogP contribution is -1.77. The van der Waals surface area contributed by atoms with Crippen molar-refractivity contribution in [2.45, 2.75) is 6.42 Å². The van der Waals surface area contributed by atoms with Gasteiger partial charge in [0.05, 0.1) is 37.5 Å². The van der Waals surface area contributed by atoms with Crippen molar-refractivity contribution < 1.29 is 4.74 Å². The second-order valence-corrected chi connectivity index (χ2v) is 1.33. The third-order valence-electron chi connectivity index (χ3n) is 0.673. The van der Waals surface area contributed by atoms with Crippen LogP contribution in [-0.2, 0) is 4.74 Å². The quantitative estimate of drug-likeness (QED) is 0.404. The van der Waals surface area contributed by atoms with Gasteiger partial charge in [0.1, 0.15) is 0 Å². The maximum Gasteiger partial charge on any atom is 0.0990 e. The van der Waals surface area contributed by atoms with Crippen LogP contribution >= 0.6 is 0 Å². The average Bonchev–Trinajstić information content (AvgIpc) is 1.88. The maximum atomic E-state index is 8.24. The lowest BCUT2D eigenvalue weighted by molar-refractivity contribution is 0.335. The Morgan fingerprint density at radius 3 is 2.67 bits per heavy atom. The normalized spacial score (nSPS) is 9.44. The molecule has 0 aliphatic rings. The van der Waals surface area contributed by atoms with Crippen molar-refractivity contribution in [3.63, 3.8) is 0 Å². The minimum Gasteiger partial charge on any atom is -0.503 e. The van der Waals surface area contributed by atoms with Crippen LogP contribution in [0, 0.1) is 22.7 Å². The summed E-state index contributed by atoms with van der Waals surface area (Å²) in [5.41, 5.74) is 0.347. The van der Waals surface area contributed by atoms with Gasteiger partial charge in [0.2, 0.25) is 0 Å². The lowest BCUT2D eigenvalue weighted by atomic mass is 10.2. The fourth-order valence-electron chi connectivity index (χ4n) is 0.335. The van der Waals surface area contributed by atoms with E-state index in [1.54, 1.807) is 0 Å². The van der Waals surface area contributed by atoms with E-state index in [0.29, 0.717) is 5.57 Å². The van der Waals surface area contributed by atoms with Crippen molar-refractivity contribution in [1.29, 1.82) is 10.5 Å². The highest BCUT2D eigenvalue weighted by atomic mass is 16.5. The fourth-order valence-corrected chi connectivity index (χ4v) is 0.335. The molecule has 0 radical (unpaired) electrons. The van der Waals surface area contributed by atoms with E-state index in [4.69, 9.17) is 10.5 Å². The number of hydrogen-bond donors (Lipinski definition) is 0. The molecule has 9 heavy (non-hydrogen) atoms. The van der Waals surface area contributed by atoms with Gasteiger partial charge in [-0.2, -0.15) is 10.5 Å². The molecule has 0 rings (SSSR count). The second-order valence-electron chi connectivity index (χ2n) is 1.33. The zero-order valence-corrected chi connectivity index (χ0v) is 5.09. The summed E-state index contributed by atoms with van der Waals surface area (Å²) in [6.45, 7) is 0. The number of ether oxygens (including phenoxy) is 1. The van der Waals surface area contributed by atoms with Crippen molar-refractivity contribution in [2.75, 3.05) is 7.11 Å². The molecule has 0 heterocycles. The summed E-state index contributed by atoms with van der Waals surface area (Å²) in [6.07, 6.45) is 1.38. The predicted molar refractivity (Wildman–Crippen MR) is 30.9 cm³/mol. The van der Waals surface area contributed by atoms with Gasteiger partial charge in [0, 0.05) is 0 Å². The molecule has 0 N–H and O–H groups in total. The summed E-state index contributed by atoms with van der Waals surface area (Å²) in [4.78, 5) is 0. The van der Waals surface area contributed by atoms with Crippen LogP contribution in [-0.4, -0.2) is 7.11 Å². The molecule has 0 bridgehead atoms. The Hall–Kier alpha value is -1.48. The van der Waals surface area contributed by atoms with E-state index >= 15 is 0 Å². The van der Waals surface area contributed by atoms with Crippen molar-refractivity contribution in [1.82, 2.24) is 0 Å². The Morgan fingerprint density at radius 2 is 2.33 bits per heavy atom. The molecule has 0 aromatic carbocycles. The molecule has 3 nitrogen and oxygen atoms in total. The second kappa shape index (κ2) is 4.67. The minimum absolute atomic E-state index is 0.115. The van der Waals surface area contributed by atoms with Gasteiger partial charge in [-0.15, -0.1) is 0 Å². The number of rotatable bonds is 2. The molecule has 0 aliphatic heterocycles. The predicted octanol–water partition coefficient (Wildman–Crippen LogP) is 0.954. The van der Waals surface area contributed by atoms with E-state index in [-0.39, 0.29) is 6.42 Å². The summed E-state index contributed by atoms with van der Waals surface area (Å²) in [6, 6.07) is 3.65. The highest BCUT2D eigenvalue weighted by Crippen LogP contribution is 1.96. The summed E-state index contributed by atoms with van der Waals surface area (Å²) < 4.78 is 4.51. The van der Waals surface area contributed by atoms with E-state index in [1.807, 2.05) is 12.1 Å². The third kappa shape index (κ3) is 3.13. The highest BCUT2D eigenvalue weighted by molar-refractivity contribution is 5.21. The van der Waals surface area contributed by atoms with Gasteiger partial charge >= 0.3 is 0 Å². The van der Waals surface area contributed by atoms with Crippen molar-refractivity contribution in [3.8, 4) is 12.1 Å². The Bertz CT molecular complexity index is 182. The molecule has 3 heteroatoms. The molecule has 0 aromatic heterocycles. The van der Waals surface area contributed by atoms with Gasteiger partial charge in [-0.25, -0.2) is 0 Å². The Balaban J connectivity index is 3.90. The monoisotopic (exact) mass is 122 g/mol. The fraction of sp³-hybridized carbons (Fsp3) is 0.333. The van der Waals surface area contributed by atoms with Gasteiger partial charge in [-0.05, 0) is 0 Å². The number of hydrogen-bond acceptors (Lipinski definition) is 3. The highest BCUT2D eigenvalue weighted by Gasteiger charge is 1.90. The van der Waals surface area contributed by atoms with Crippen LogP contribution in [0.3, 0.4) is 0 Å². The Labute approximate surface area is 53.8 Å². The Kier molecular flexibility index (Phi) is 3.90. The van der Waals surface area contributed by atoms with Crippen LogP contribution in [0.2, 0.25) is 0 Å². The molecule has 0 saturated carbocycles. The third-order valence-corrected chi connectivity index (χ3v) is 0.673. The SMILES string of the molecule is CO/C=C(\C#N)CC#N. The van der Waals surface area contributed by atoms with Crippen LogP contribution in [0.5, 0.6) is 0 Å². The van der Waals surface area contributed by atoms with E-state index in [1.165, 1.54) is 13.4 Å². The number of methoxy groups -OCH3 is 1.